The van der Waals surface area contributed by atoms with Gasteiger partial charge in [0.05, 0.1) is 5.52 Å². The molecule has 42 heavy (non-hydrogen) atoms. The number of rotatable bonds is 5. The summed E-state index contributed by atoms with van der Waals surface area (Å²) in [6, 6.07) is 21.1. The van der Waals surface area contributed by atoms with Crippen molar-refractivity contribution in [3.63, 3.8) is 0 Å². The van der Waals surface area contributed by atoms with Gasteiger partial charge in [0.25, 0.3) is 0 Å². The van der Waals surface area contributed by atoms with Gasteiger partial charge in [-0.3, -0.25) is 9.88 Å². The number of anilines is 1. The molecule has 5 nitrogen and oxygen atoms in total. The topological polar surface area (TPSA) is 57.3 Å². The Hall–Kier alpha value is -3.70. The van der Waals surface area contributed by atoms with E-state index < -0.39 is 0 Å². The summed E-state index contributed by atoms with van der Waals surface area (Å²) in [5, 5.41) is 6.60. The molecular weight excluding hydrogens is 516 g/mol. The van der Waals surface area contributed by atoms with Crippen LogP contribution in [0.4, 0.5) is 10.5 Å². The minimum atomic E-state index is -0.184. The van der Waals surface area contributed by atoms with E-state index in [9.17, 15) is 4.79 Å². The molecule has 0 aliphatic carbocycles. The van der Waals surface area contributed by atoms with Crippen LogP contribution in [-0.2, 0) is 19.4 Å². The molecule has 0 bridgehead atoms. The second-order valence-electron chi connectivity index (χ2n) is 11.2. The summed E-state index contributed by atoms with van der Waals surface area (Å²) >= 11 is 0. The van der Waals surface area contributed by atoms with Crippen LogP contribution in [0, 0.1) is 27.7 Å². The number of aryl methyl sites for hydroxylation is 4. The van der Waals surface area contributed by atoms with Gasteiger partial charge in [-0.25, -0.2) is 4.79 Å². The average Bonchev–Trinajstić information content (AvgIpc) is 3.02. The number of nitrogens with zero attached hydrogens (tertiary/aromatic N) is 2. The molecule has 0 saturated carbocycles. The van der Waals surface area contributed by atoms with Gasteiger partial charge in [-0.1, -0.05) is 56.7 Å². The maximum atomic E-state index is 11.1. The number of pyridine rings is 1. The third kappa shape index (κ3) is 9.42. The van der Waals surface area contributed by atoms with Crippen molar-refractivity contribution < 1.29 is 4.79 Å². The minimum Gasteiger partial charge on any atom is -0.341 e. The summed E-state index contributed by atoms with van der Waals surface area (Å²) in [5.74, 6) is 0. The SMILES string of the molecule is CCc1cc2nccc(C)c2cc1CC.CNC(=O)Nc1ccc(C)c(C)c1C.c1ccc(CN2CCCCC2)cc1. The van der Waals surface area contributed by atoms with Crippen molar-refractivity contribution in [1.29, 1.82) is 0 Å². The van der Waals surface area contributed by atoms with Gasteiger partial charge in [-0.2, -0.15) is 0 Å². The van der Waals surface area contributed by atoms with Crippen LogP contribution in [0.25, 0.3) is 10.9 Å². The molecule has 0 radical (unpaired) electrons. The predicted octanol–water partition coefficient (Wildman–Crippen LogP) is 8.70. The Morgan fingerprint density at radius 3 is 2.12 bits per heavy atom. The van der Waals surface area contributed by atoms with Crippen LogP contribution in [-0.4, -0.2) is 36.1 Å². The van der Waals surface area contributed by atoms with Gasteiger partial charge < -0.3 is 10.6 Å². The Bertz CT molecular complexity index is 1430. The maximum absolute atomic E-state index is 11.1. The molecule has 224 valence electrons. The van der Waals surface area contributed by atoms with Gasteiger partial charge in [-0.05, 0) is 130 Å². The zero-order chi connectivity index (χ0) is 30.5. The number of amides is 2. The van der Waals surface area contributed by atoms with E-state index in [4.69, 9.17) is 0 Å². The Morgan fingerprint density at radius 1 is 0.810 bits per heavy atom. The molecule has 2 amide bonds. The standard InChI is InChI=1S/C14H17N.C12H17N.C11H16N2O/c1-4-11-8-13-10(3)6-7-15-14(13)9-12(11)5-2;1-3-7-12(8-4-1)11-13-9-5-2-6-10-13;1-7-5-6-10(9(3)8(7)2)13-11(14)12-4/h6-9H,4-5H2,1-3H3;1,3-4,7-8H,2,5-6,9-11H2;5-6H,1-4H3,(H2,12,13,14). The second-order valence-corrected chi connectivity index (χ2v) is 11.2. The fraction of sp³-hybridized carbons (Fsp3) is 0.405. The third-order valence-electron chi connectivity index (χ3n) is 8.27. The van der Waals surface area contributed by atoms with Crippen molar-refractivity contribution in [1.82, 2.24) is 15.2 Å². The van der Waals surface area contributed by atoms with Crippen molar-refractivity contribution in [3.05, 3.63) is 106 Å². The highest BCUT2D eigenvalue weighted by Crippen LogP contribution is 2.23. The molecule has 4 aromatic rings. The molecule has 5 rings (SSSR count). The maximum Gasteiger partial charge on any atom is 0.318 e. The van der Waals surface area contributed by atoms with E-state index in [0.717, 1.165) is 36.2 Å². The van der Waals surface area contributed by atoms with Crippen LogP contribution in [0.15, 0.2) is 66.9 Å². The van der Waals surface area contributed by atoms with E-state index in [-0.39, 0.29) is 6.03 Å². The molecule has 0 spiro atoms. The highest BCUT2D eigenvalue weighted by Gasteiger charge is 2.09. The van der Waals surface area contributed by atoms with Crippen molar-refractivity contribution >= 4 is 22.6 Å². The fourth-order valence-corrected chi connectivity index (χ4v) is 5.31. The largest absolute Gasteiger partial charge is 0.341 e. The first-order valence-electron chi connectivity index (χ1n) is 15.5. The second kappa shape index (κ2) is 16.7. The number of piperidine rings is 1. The fourth-order valence-electron chi connectivity index (χ4n) is 5.31. The highest BCUT2D eigenvalue weighted by molar-refractivity contribution is 5.90. The molecule has 5 heteroatoms. The summed E-state index contributed by atoms with van der Waals surface area (Å²) in [6.07, 6.45) is 8.27. The summed E-state index contributed by atoms with van der Waals surface area (Å²) in [7, 11) is 1.60. The van der Waals surface area contributed by atoms with Gasteiger partial charge in [0.2, 0.25) is 0 Å². The molecule has 2 heterocycles. The first kappa shape index (κ1) is 32.8. The number of carbonyl (C=O) groups excluding carboxylic acids is 1. The number of nitrogens with one attached hydrogen (secondary N) is 2. The van der Waals surface area contributed by atoms with E-state index in [0.29, 0.717) is 0 Å². The van der Waals surface area contributed by atoms with Crippen LogP contribution >= 0.6 is 0 Å². The van der Waals surface area contributed by atoms with Gasteiger partial charge in [-0.15, -0.1) is 0 Å². The smallest absolute Gasteiger partial charge is 0.318 e. The zero-order valence-electron chi connectivity index (χ0n) is 26.8. The van der Waals surface area contributed by atoms with Gasteiger partial charge in [0.15, 0.2) is 0 Å². The summed E-state index contributed by atoms with van der Waals surface area (Å²) < 4.78 is 0. The lowest BCUT2D eigenvalue weighted by Crippen LogP contribution is -2.28. The first-order valence-corrected chi connectivity index (χ1v) is 15.5. The molecular formula is C37H50N4O. The number of aromatic nitrogens is 1. The Labute approximate surface area is 253 Å². The van der Waals surface area contributed by atoms with Crippen LogP contribution in [0.3, 0.4) is 0 Å². The lowest BCUT2D eigenvalue weighted by Gasteiger charge is -2.26. The van der Waals surface area contributed by atoms with E-state index in [1.54, 1.807) is 7.05 Å². The Kier molecular flexibility index (Phi) is 13.0. The Balaban J connectivity index is 0.000000173. The lowest BCUT2D eigenvalue weighted by atomic mass is 9.98. The molecule has 0 unspecified atom stereocenters. The van der Waals surface area contributed by atoms with Gasteiger partial charge in [0.1, 0.15) is 0 Å². The van der Waals surface area contributed by atoms with E-state index in [1.807, 2.05) is 25.3 Å². The number of likely N-dealkylation sites (tertiary alicyclic amines) is 1. The Morgan fingerprint density at radius 2 is 1.48 bits per heavy atom. The van der Waals surface area contributed by atoms with Crippen LogP contribution in [0.1, 0.15) is 72.1 Å². The summed E-state index contributed by atoms with van der Waals surface area (Å²) in [5.41, 5.74) is 11.2. The van der Waals surface area contributed by atoms with Gasteiger partial charge in [0, 0.05) is 30.9 Å². The number of fused-ring (bicyclic) bond motifs is 1. The van der Waals surface area contributed by atoms with Gasteiger partial charge >= 0.3 is 6.03 Å². The van der Waals surface area contributed by atoms with Crippen LogP contribution < -0.4 is 10.6 Å². The van der Waals surface area contributed by atoms with E-state index >= 15 is 0 Å². The number of hydrogen-bond donors (Lipinski definition) is 2. The summed E-state index contributed by atoms with van der Waals surface area (Å²) in [6.45, 7) is 16.4. The number of hydrogen-bond acceptors (Lipinski definition) is 3. The van der Waals surface area contributed by atoms with Crippen LogP contribution in [0.5, 0.6) is 0 Å². The number of benzene rings is 3. The molecule has 3 aromatic carbocycles. The molecule has 1 aromatic heterocycles. The quantitative estimate of drug-likeness (QED) is 0.254. The van der Waals surface area contributed by atoms with Crippen molar-refractivity contribution in [2.75, 3.05) is 25.5 Å². The van der Waals surface area contributed by atoms with Crippen molar-refractivity contribution in [2.45, 2.75) is 80.2 Å². The lowest BCUT2D eigenvalue weighted by molar-refractivity contribution is 0.221. The molecule has 1 saturated heterocycles. The van der Waals surface area contributed by atoms with E-state index in [2.05, 4.69) is 104 Å². The van der Waals surface area contributed by atoms with E-state index in [1.165, 1.54) is 71.1 Å². The van der Waals surface area contributed by atoms with Crippen LogP contribution in [0.2, 0.25) is 0 Å². The molecule has 0 atom stereocenters. The monoisotopic (exact) mass is 566 g/mol. The normalized spacial score (nSPS) is 12.9. The zero-order valence-corrected chi connectivity index (χ0v) is 26.8. The number of urea groups is 1. The highest BCUT2D eigenvalue weighted by atomic mass is 16.2. The number of carbonyl (C=O) groups is 1. The molecule has 1 aliphatic rings. The summed E-state index contributed by atoms with van der Waals surface area (Å²) in [4.78, 5) is 18.1. The minimum absolute atomic E-state index is 0.184. The third-order valence-corrected chi connectivity index (χ3v) is 8.27. The predicted molar refractivity (Wildman–Crippen MR) is 180 cm³/mol. The first-order chi connectivity index (χ1) is 20.3. The van der Waals surface area contributed by atoms with Crippen molar-refractivity contribution in [3.8, 4) is 0 Å². The van der Waals surface area contributed by atoms with Crippen molar-refractivity contribution in [2.24, 2.45) is 0 Å². The molecule has 1 fully saturated rings. The molecule has 1 aliphatic heterocycles. The molecule has 2 N–H and O–H groups in total. The average molecular weight is 567 g/mol.